The Labute approximate surface area is 113 Å². The minimum absolute atomic E-state index is 0.0381. The fourth-order valence-corrected chi connectivity index (χ4v) is 2.17. The van der Waals surface area contributed by atoms with Gasteiger partial charge in [0.1, 0.15) is 0 Å². The second-order valence-corrected chi connectivity index (χ2v) is 4.76. The number of carbonyl (C=O) groups excluding carboxylic acids is 1. The molecule has 5 heteroatoms. The number of nitrogens with zero attached hydrogens (tertiary/aromatic N) is 2. The van der Waals surface area contributed by atoms with E-state index in [-0.39, 0.29) is 5.91 Å². The van der Waals surface area contributed by atoms with Crippen LogP contribution in [0.15, 0.2) is 24.3 Å². The summed E-state index contributed by atoms with van der Waals surface area (Å²) < 4.78 is 0. The van der Waals surface area contributed by atoms with Crippen LogP contribution in [0.25, 0.3) is 0 Å². The Bertz CT molecular complexity index is 494. The molecule has 1 aromatic carbocycles. The van der Waals surface area contributed by atoms with Gasteiger partial charge in [-0.3, -0.25) is 9.69 Å². The second kappa shape index (κ2) is 6.32. The number of nitriles is 1. The summed E-state index contributed by atoms with van der Waals surface area (Å²) in [5.41, 5.74) is 1.22. The van der Waals surface area contributed by atoms with Crippen LogP contribution in [-0.2, 0) is 4.79 Å². The number of amides is 1. The smallest absolute Gasteiger partial charge is 0.238 e. The van der Waals surface area contributed by atoms with Crippen molar-refractivity contribution >= 4 is 11.6 Å². The number of hydrogen-bond acceptors (Lipinski definition) is 4. The zero-order valence-corrected chi connectivity index (χ0v) is 11.0. The number of benzene rings is 1. The van der Waals surface area contributed by atoms with Gasteiger partial charge in [-0.1, -0.05) is 6.07 Å². The van der Waals surface area contributed by atoms with E-state index in [4.69, 9.17) is 5.26 Å². The number of hydrogen-bond donors (Lipinski definition) is 2. The van der Waals surface area contributed by atoms with Gasteiger partial charge >= 0.3 is 0 Å². The zero-order valence-electron chi connectivity index (χ0n) is 11.0. The zero-order chi connectivity index (χ0) is 13.7. The molecule has 0 bridgehead atoms. The van der Waals surface area contributed by atoms with Crippen molar-refractivity contribution in [2.45, 2.75) is 13.0 Å². The lowest BCUT2D eigenvalue weighted by atomic mass is 10.2. The molecular formula is C14H18N4O. The summed E-state index contributed by atoms with van der Waals surface area (Å²) in [6.07, 6.45) is 0. The molecule has 0 saturated carbocycles. The maximum atomic E-state index is 12.0. The first-order valence-electron chi connectivity index (χ1n) is 6.44. The Morgan fingerprint density at radius 2 is 2.47 bits per heavy atom. The van der Waals surface area contributed by atoms with Gasteiger partial charge in [0.2, 0.25) is 5.91 Å². The molecule has 5 nitrogen and oxygen atoms in total. The van der Waals surface area contributed by atoms with Gasteiger partial charge in [0.25, 0.3) is 0 Å². The van der Waals surface area contributed by atoms with E-state index >= 15 is 0 Å². The monoisotopic (exact) mass is 258 g/mol. The average Bonchev–Trinajstić information content (AvgIpc) is 2.41. The third-order valence-electron chi connectivity index (χ3n) is 3.26. The molecule has 0 aliphatic carbocycles. The first-order valence-corrected chi connectivity index (χ1v) is 6.44. The molecule has 1 amide bonds. The first-order chi connectivity index (χ1) is 9.19. The molecule has 1 saturated heterocycles. The van der Waals surface area contributed by atoms with Crippen LogP contribution in [0, 0.1) is 11.3 Å². The number of nitrogens with one attached hydrogen (secondary N) is 2. The molecule has 1 aromatic rings. The molecule has 1 unspecified atom stereocenters. The summed E-state index contributed by atoms with van der Waals surface area (Å²) in [4.78, 5) is 14.1. The number of rotatable bonds is 3. The molecule has 2 rings (SSSR count). The van der Waals surface area contributed by atoms with Crippen molar-refractivity contribution in [1.82, 2.24) is 10.2 Å². The Morgan fingerprint density at radius 3 is 3.21 bits per heavy atom. The highest BCUT2D eigenvalue weighted by atomic mass is 16.2. The number of anilines is 1. The minimum atomic E-state index is -0.0381. The van der Waals surface area contributed by atoms with Gasteiger partial charge in [0, 0.05) is 31.4 Å². The normalized spacial score (nSPS) is 19.7. The van der Waals surface area contributed by atoms with E-state index in [0.717, 1.165) is 19.6 Å². The van der Waals surface area contributed by atoms with Crippen molar-refractivity contribution in [3.63, 3.8) is 0 Å². The molecule has 2 N–H and O–H groups in total. The number of carbonyl (C=O) groups is 1. The molecule has 1 heterocycles. The third kappa shape index (κ3) is 3.78. The van der Waals surface area contributed by atoms with E-state index in [1.807, 2.05) is 0 Å². The van der Waals surface area contributed by atoms with Gasteiger partial charge in [-0.15, -0.1) is 0 Å². The maximum absolute atomic E-state index is 12.0. The van der Waals surface area contributed by atoms with Gasteiger partial charge in [-0.25, -0.2) is 0 Å². The van der Waals surface area contributed by atoms with E-state index < -0.39 is 0 Å². The van der Waals surface area contributed by atoms with Gasteiger partial charge in [-0.2, -0.15) is 5.26 Å². The van der Waals surface area contributed by atoms with Gasteiger partial charge in [0.05, 0.1) is 18.2 Å². The van der Waals surface area contributed by atoms with E-state index in [1.54, 1.807) is 24.3 Å². The van der Waals surface area contributed by atoms with Gasteiger partial charge in [-0.05, 0) is 25.1 Å². The molecule has 1 aliphatic rings. The largest absolute Gasteiger partial charge is 0.325 e. The van der Waals surface area contributed by atoms with E-state index in [9.17, 15) is 4.79 Å². The summed E-state index contributed by atoms with van der Waals surface area (Å²) in [7, 11) is 0. The Hall–Kier alpha value is -1.90. The van der Waals surface area contributed by atoms with E-state index in [0.29, 0.717) is 23.8 Å². The molecule has 1 atom stereocenters. The first kappa shape index (κ1) is 13.5. The van der Waals surface area contributed by atoms with Crippen LogP contribution >= 0.6 is 0 Å². The van der Waals surface area contributed by atoms with Crippen molar-refractivity contribution in [3.05, 3.63) is 29.8 Å². The summed E-state index contributed by atoms with van der Waals surface area (Å²) in [6, 6.07) is 9.38. The number of piperazine rings is 1. The van der Waals surface area contributed by atoms with Crippen LogP contribution in [0.2, 0.25) is 0 Å². The molecule has 1 aliphatic heterocycles. The molecule has 100 valence electrons. The van der Waals surface area contributed by atoms with Gasteiger partial charge in [0.15, 0.2) is 0 Å². The molecule has 1 fully saturated rings. The molecular weight excluding hydrogens is 240 g/mol. The van der Waals surface area contributed by atoms with Crippen LogP contribution in [0.5, 0.6) is 0 Å². The highest BCUT2D eigenvalue weighted by molar-refractivity contribution is 5.92. The summed E-state index contributed by atoms with van der Waals surface area (Å²) in [5, 5.41) is 14.9. The van der Waals surface area contributed by atoms with Crippen LogP contribution in [0.1, 0.15) is 12.5 Å². The Balaban J connectivity index is 1.91. The second-order valence-electron chi connectivity index (χ2n) is 4.76. The summed E-state index contributed by atoms with van der Waals surface area (Å²) in [5.74, 6) is -0.0381. The molecule has 0 aromatic heterocycles. The van der Waals surface area contributed by atoms with Crippen LogP contribution in [0.3, 0.4) is 0 Å². The average molecular weight is 258 g/mol. The standard InChI is InChI=1S/C14H18N4O/c1-11-9-16-5-6-18(11)10-14(19)17-13-4-2-3-12(7-13)8-15/h2-4,7,11,16H,5-6,9-10H2,1H3,(H,17,19). The summed E-state index contributed by atoms with van der Waals surface area (Å²) in [6.45, 7) is 5.21. The molecule has 19 heavy (non-hydrogen) atoms. The lowest BCUT2D eigenvalue weighted by molar-refractivity contribution is -0.118. The van der Waals surface area contributed by atoms with Crippen molar-refractivity contribution in [2.24, 2.45) is 0 Å². The third-order valence-corrected chi connectivity index (χ3v) is 3.26. The molecule has 0 spiro atoms. The van der Waals surface area contributed by atoms with E-state index in [1.165, 1.54) is 0 Å². The Kier molecular flexibility index (Phi) is 4.50. The van der Waals surface area contributed by atoms with Crippen LogP contribution in [-0.4, -0.2) is 43.0 Å². The van der Waals surface area contributed by atoms with Crippen molar-refractivity contribution in [3.8, 4) is 6.07 Å². The van der Waals surface area contributed by atoms with Crippen molar-refractivity contribution in [2.75, 3.05) is 31.5 Å². The van der Waals surface area contributed by atoms with E-state index in [2.05, 4.69) is 28.5 Å². The predicted molar refractivity (Wildman–Crippen MR) is 73.7 cm³/mol. The topological polar surface area (TPSA) is 68.2 Å². The lowest BCUT2D eigenvalue weighted by Crippen LogP contribution is -2.51. The fraction of sp³-hybridized carbons (Fsp3) is 0.429. The quantitative estimate of drug-likeness (QED) is 0.841. The molecule has 0 radical (unpaired) electrons. The summed E-state index contributed by atoms with van der Waals surface area (Å²) >= 11 is 0. The predicted octanol–water partition coefficient (Wildman–Crippen LogP) is 0.790. The highest BCUT2D eigenvalue weighted by Crippen LogP contribution is 2.10. The van der Waals surface area contributed by atoms with Crippen LogP contribution in [0.4, 0.5) is 5.69 Å². The van der Waals surface area contributed by atoms with Crippen LogP contribution < -0.4 is 10.6 Å². The fourth-order valence-electron chi connectivity index (χ4n) is 2.17. The van der Waals surface area contributed by atoms with Crippen molar-refractivity contribution < 1.29 is 4.79 Å². The Morgan fingerprint density at radius 1 is 1.63 bits per heavy atom. The maximum Gasteiger partial charge on any atom is 0.238 e. The van der Waals surface area contributed by atoms with Crippen molar-refractivity contribution in [1.29, 1.82) is 5.26 Å². The van der Waals surface area contributed by atoms with Gasteiger partial charge < -0.3 is 10.6 Å². The lowest BCUT2D eigenvalue weighted by Gasteiger charge is -2.33. The highest BCUT2D eigenvalue weighted by Gasteiger charge is 2.20. The minimum Gasteiger partial charge on any atom is -0.325 e. The SMILES string of the molecule is CC1CNCCN1CC(=O)Nc1cccc(C#N)c1.